The van der Waals surface area contributed by atoms with Crippen molar-refractivity contribution in [3.05, 3.63) is 47.4 Å². The zero-order chi connectivity index (χ0) is 29.6. The fourth-order valence-corrected chi connectivity index (χ4v) is 7.20. The molecule has 4 aromatic heterocycles. The minimum Gasteiger partial charge on any atom is -0.379 e. The Morgan fingerprint density at radius 1 is 1.00 bits per heavy atom. The summed E-state index contributed by atoms with van der Waals surface area (Å²) in [5.41, 5.74) is 5.32. The molecule has 0 spiro atoms. The number of pyridine rings is 3. The molecule has 1 aliphatic carbocycles. The summed E-state index contributed by atoms with van der Waals surface area (Å²) in [6.45, 7) is 12.5. The molecule has 6 rings (SSSR count). The monoisotopic (exact) mass is 618 g/mol. The van der Waals surface area contributed by atoms with E-state index in [0.717, 1.165) is 95.0 Å². The summed E-state index contributed by atoms with van der Waals surface area (Å²) < 4.78 is 11.4. The average Bonchev–Trinajstić information content (AvgIpc) is 3.71. The first-order valence-electron chi connectivity index (χ1n) is 15.4. The first kappa shape index (κ1) is 30.0. The zero-order valence-corrected chi connectivity index (χ0v) is 27.3. The van der Waals surface area contributed by atoms with Gasteiger partial charge in [-0.15, -0.1) is 10.2 Å². The summed E-state index contributed by atoms with van der Waals surface area (Å²) in [5, 5.41) is 18.0. The fraction of sp³-hybridized carbons (Fsp3) is 0.516. The van der Waals surface area contributed by atoms with Gasteiger partial charge >= 0.3 is 0 Å². The molecule has 1 saturated carbocycles. The molecule has 0 atom stereocenters. The molecule has 43 heavy (non-hydrogen) atoms. The van der Waals surface area contributed by atoms with E-state index in [1.54, 1.807) is 11.3 Å². The van der Waals surface area contributed by atoms with Gasteiger partial charge in [0.15, 0.2) is 5.01 Å². The van der Waals surface area contributed by atoms with Gasteiger partial charge in [-0.1, -0.05) is 43.8 Å². The van der Waals surface area contributed by atoms with Gasteiger partial charge in [0, 0.05) is 40.2 Å². The third-order valence-corrected chi connectivity index (χ3v) is 10.8. The van der Waals surface area contributed by atoms with E-state index < -0.39 is 8.07 Å². The van der Waals surface area contributed by atoms with E-state index in [4.69, 9.17) is 19.4 Å². The molecule has 228 valence electrons. The van der Waals surface area contributed by atoms with Crippen LogP contribution in [-0.2, 0) is 16.0 Å². The van der Waals surface area contributed by atoms with Crippen LogP contribution >= 0.6 is 11.3 Å². The van der Waals surface area contributed by atoms with Crippen LogP contribution in [0.4, 0.5) is 17.2 Å². The van der Waals surface area contributed by atoms with Crippen molar-refractivity contribution < 1.29 is 9.47 Å². The van der Waals surface area contributed by atoms with Crippen molar-refractivity contribution in [1.29, 1.82) is 0 Å². The Bertz CT molecular complexity index is 1500. The summed E-state index contributed by atoms with van der Waals surface area (Å²) in [4.78, 5) is 16.8. The highest BCUT2D eigenvalue weighted by Crippen LogP contribution is 2.39. The molecule has 12 heteroatoms. The van der Waals surface area contributed by atoms with Gasteiger partial charge in [-0.05, 0) is 43.2 Å². The second-order valence-electron chi connectivity index (χ2n) is 12.7. The van der Waals surface area contributed by atoms with E-state index in [1.165, 1.54) is 25.7 Å². The van der Waals surface area contributed by atoms with E-state index >= 15 is 0 Å². The smallest absolute Gasteiger partial charge is 0.151 e. The number of aromatic nitrogens is 5. The van der Waals surface area contributed by atoms with Crippen LogP contribution in [0.1, 0.15) is 42.3 Å². The average molecular weight is 619 g/mol. The Morgan fingerprint density at radius 3 is 2.58 bits per heavy atom. The largest absolute Gasteiger partial charge is 0.379 e. The van der Waals surface area contributed by atoms with Gasteiger partial charge in [0.2, 0.25) is 0 Å². The van der Waals surface area contributed by atoms with E-state index in [0.29, 0.717) is 12.6 Å². The maximum Gasteiger partial charge on any atom is 0.151 e. The molecule has 0 aromatic carbocycles. The van der Waals surface area contributed by atoms with Gasteiger partial charge in [-0.25, -0.2) is 4.98 Å². The number of ether oxygens (including phenoxy) is 2. The highest BCUT2D eigenvalue weighted by Gasteiger charge is 2.23. The predicted molar refractivity (Wildman–Crippen MR) is 176 cm³/mol. The Morgan fingerprint density at radius 2 is 1.81 bits per heavy atom. The molecular formula is C31H42N8O2SSi. The predicted octanol–water partition coefficient (Wildman–Crippen LogP) is 6.50. The zero-order valence-electron chi connectivity index (χ0n) is 25.4. The minimum atomic E-state index is -1.16. The van der Waals surface area contributed by atoms with Crippen molar-refractivity contribution in [2.45, 2.75) is 63.8 Å². The molecule has 2 aliphatic rings. The lowest BCUT2D eigenvalue weighted by atomic mass is 10.1. The Balaban J connectivity index is 1.20. The number of hydrogen-bond donors (Lipinski definition) is 2. The van der Waals surface area contributed by atoms with Crippen molar-refractivity contribution in [3.8, 4) is 10.6 Å². The van der Waals surface area contributed by atoms with Crippen molar-refractivity contribution in [3.63, 3.8) is 0 Å². The lowest BCUT2D eigenvalue weighted by molar-refractivity contribution is 0.0336. The highest BCUT2D eigenvalue weighted by molar-refractivity contribution is 7.14. The number of hydrogen-bond acceptors (Lipinski definition) is 11. The molecule has 2 N–H and O–H groups in total. The fourth-order valence-electron chi connectivity index (χ4n) is 5.41. The van der Waals surface area contributed by atoms with Crippen LogP contribution in [0.25, 0.3) is 21.6 Å². The topological polar surface area (TPSA) is 110 Å². The first-order valence-corrected chi connectivity index (χ1v) is 19.9. The summed E-state index contributed by atoms with van der Waals surface area (Å²) in [7, 11) is -1.16. The van der Waals surface area contributed by atoms with Crippen LogP contribution in [0, 0.1) is 0 Å². The summed E-state index contributed by atoms with van der Waals surface area (Å²) in [6.07, 6.45) is 8.65. The summed E-state index contributed by atoms with van der Waals surface area (Å²) in [5.74, 6) is 1.26. The maximum atomic E-state index is 5.97. The maximum absolute atomic E-state index is 5.97. The van der Waals surface area contributed by atoms with Gasteiger partial charge in [-0.2, -0.15) is 0 Å². The normalized spacial score (nSPS) is 16.6. The standard InChI is InChI=1S/C31H42N8O2SSi/c1-43(2,3)15-14-41-21-34-29-26(31-38-37-30(42-31)22-6-4-5-7-22)17-27-28(36-29)16-25(19-33-27)35-23-8-9-24(32-18-23)20-39-10-12-40-13-11-39/h8-9,16-19,22,35H,4-7,10-15,20-21H2,1-3H3,(H,34,36). The quantitative estimate of drug-likeness (QED) is 0.104. The van der Waals surface area contributed by atoms with Crippen LogP contribution in [0.2, 0.25) is 25.7 Å². The SMILES string of the molecule is C[Si](C)(C)CCOCNc1nc2cc(Nc3ccc(CN4CCOCC4)nc3)cnc2cc1-c1nnc(C2CCCC2)s1. The van der Waals surface area contributed by atoms with Crippen molar-refractivity contribution in [1.82, 2.24) is 30.0 Å². The Kier molecular flexibility index (Phi) is 9.58. The van der Waals surface area contributed by atoms with E-state index in [9.17, 15) is 0 Å². The van der Waals surface area contributed by atoms with Gasteiger partial charge < -0.3 is 20.1 Å². The third kappa shape index (κ3) is 8.12. The Labute approximate surface area is 258 Å². The Hall–Kier alpha value is -3.03. The van der Waals surface area contributed by atoms with Crippen molar-refractivity contribution >= 4 is 47.6 Å². The molecule has 2 fully saturated rings. The molecule has 4 aromatic rings. The molecule has 5 heterocycles. The lowest BCUT2D eigenvalue weighted by Crippen LogP contribution is -2.35. The number of rotatable bonds is 12. The molecule has 0 amide bonds. The molecule has 1 saturated heterocycles. The van der Waals surface area contributed by atoms with Crippen LogP contribution < -0.4 is 10.6 Å². The molecule has 10 nitrogen and oxygen atoms in total. The number of anilines is 3. The minimum absolute atomic E-state index is 0.387. The van der Waals surface area contributed by atoms with Crippen LogP contribution in [0.15, 0.2) is 36.7 Å². The first-order chi connectivity index (χ1) is 20.9. The second-order valence-corrected chi connectivity index (χ2v) is 19.3. The molecule has 0 radical (unpaired) electrons. The third-order valence-electron chi connectivity index (χ3n) is 7.98. The van der Waals surface area contributed by atoms with Crippen LogP contribution in [0.3, 0.4) is 0 Å². The summed E-state index contributed by atoms with van der Waals surface area (Å²) in [6, 6.07) is 9.34. The van der Waals surface area contributed by atoms with Gasteiger partial charge in [0.1, 0.15) is 17.6 Å². The summed E-state index contributed by atoms with van der Waals surface area (Å²) >= 11 is 1.68. The number of nitrogens with zero attached hydrogens (tertiary/aromatic N) is 6. The van der Waals surface area contributed by atoms with Gasteiger partial charge in [0.25, 0.3) is 0 Å². The number of morpholine rings is 1. The number of nitrogens with one attached hydrogen (secondary N) is 2. The molecule has 1 aliphatic heterocycles. The van der Waals surface area contributed by atoms with Crippen LogP contribution in [0.5, 0.6) is 0 Å². The van der Waals surface area contributed by atoms with E-state index in [1.807, 2.05) is 18.5 Å². The second kappa shape index (κ2) is 13.7. The number of fused-ring (bicyclic) bond motifs is 1. The van der Waals surface area contributed by atoms with Crippen molar-refractivity contribution in [2.75, 3.05) is 50.3 Å². The van der Waals surface area contributed by atoms with E-state index in [2.05, 4.69) is 68.6 Å². The molecule has 0 bridgehead atoms. The molecular weight excluding hydrogens is 577 g/mol. The van der Waals surface area contributed by atoms with Gasteiger partial charge in [0.05, 0.1) is 59.3 Å². The molecule has 0 unspecified atom stereocenters. The lowest BCUT2D eigenvalue weighted by Gasteiger charge is -2.26. The van der Waals surface area contributed by atoms with Crippen LogP contribution in [-0.4, -0.2) is 77.8 Å². The van der Waals surface area contributed by atoms with Crippen molar-refractivity contribution in [2.24, 2.45) is 0 Å². The van der Waals surface area contributed by atoms with Gasteiger partial charge in [-0.3, -0.25) is 14.9 Å². The highest BCUT2D eigenvalue weighted by atomic mass is 32.1. The van der Waals surface area contributed by atoms with E-state index in [-0.39, 0.29) is 0 Å².